The number of thiazole rings is 1. The van der Waals surface area contributed by atoms with E-state index < -0.39 is 16.1 Å². The van der Waals surface area contributed by atoms with Crippen LogP contribution in [0.1, 0.15) is 16.3 Å². The molecule has 0 fully saturated rings. The highest BCUT2D eigenvalue weighted by atomic mass is 35.5. The fourth-order valence-corrected chi connectivity index (χ4v) is 6.07. The SMILES string of the molecule is O=S(=O)=C(CNCc1nc(-c2cc3c(Nc4ccc(OCc5cccc(F)c5)c(Cl)c4)ncnc3cc2F)cs1)c1ccccn1. The van der Waals surface area contributed by atoms with Gasteiger partial charge in [0.2, 0.25) is 10.3 Å². The highest BCUT2D eigenvalue weighted by molar-refractivity contribution is 7.73. The molecule has 0 aliphatic rings. The van der Waals surface area contributed by atoms with Gasteiger partial charge in [-0.1, -0.05) is 29.8 Å². The molecular weight excluding hydrogens is 654 g/mol. The lowest BCUT2D eigenvalue weighted by Crippen LogP contribution is -2.24. The van der Waals surface area contributed by atoms with Gasteiger partial charge in [0.15, 0.2) is 0 Å². The highest BCUT2D eigenvalue weighted by Crippen LogP contribution is 2.34. The first-order valence-corrected chi connectivity index (χ1v) is 16.1. The number of pyridine rings is 1. The average molecular weight is 677 g/mol. The van der Waals surface area contributed by atoms with Crippen molar-refractivity contribution in [3.05, 3.63) is 124 Å². The Bertz CT molecular complexity index is 2170. The van der Waals surface area contributed by atoms with Crippen molar-refractivity contribution < 1.29 is 21.9 Å². The van der Waals surface area contributed by atoms with Crippen molar-refractivity contribution in [3.63, 3.8) is 0 Å². The number of rotatable bonds is 11. The average Bonchev–Trinajstić information content (AvgIpc) is 3.51. The third-order valence-corrected chi connectivity index (χ3v) is 8.64. The molecule has 14 heteroatoms. The molecule has 3 aromatic carbocycles. The van der Waals surface area contributed by atoms with E-state index in [2.05, 4.69) is 30.6 Å². The second kappa shape index (κ2) is 14.1. The summed E-state index contributed by atoms with van der Waals surface area (Å²) in [5.74, 6) is 0.00289. The van der Waals surface area contributed by atoms with Crippen molar-refractivity contribution in [2.45, 2.75) is 13.2 Å². The molecule has 46 heavy (non-hydrogen) atoms. The number of nitrogens with zero attached hydrogens (tertiary/aromatic N) is 4. The number of anilines is 2. The summed E-state index contributed by atoms with van der Waals surface area (Å²) >= 11 is 7.79. The Morgan fingerprint density at radius 1 is 0.978 bits per heavy atom. The maximum atomic E-state index is 15.3. The minimum atomic E-state index is -2.45. The topological polar surface area (TPSA) is 119 Å². The third kappa shape index (κ3) is 7.35. The lowest BCUT2D eigenvalue weighted by atomic mass is 10.1. The van der Waals surface area contributed by atoms with Crippen LogP contribution in [-0.2, 0) is 23.4 Å². The van der Waals surface area contributed by atoms with E-state index in [1.165, 1.54) is 42.1 Å². The fourth-order valence-electron chi connectivity index (χ4n) is 4.56. The number of halogens is 3. The first-order valence-electron chi connectivity index (χ1n) is 13.7. The molecule has 0 atom stereocenters. The van der Waals surface area contributed by atoms with Crippen LogP contribution in [0.15, 0.2) is 90.7 Å². The second-order valence-electron chi connectivity index (χ2n) is 9.86. The van der Waals surface area contributed by atoms with Crippen molar-refractivity contribution >= 4 is 60.5 Å². The summed E-state index contributed by atoms with van der Waals surface area (Å²) in [6.45, 7) is 0.476. The van der Waals surface area contributed by atoms with E-state index in [0.29, 0.717) is 55.1 Å². The number of hydrogen-bond acceptors (Lipinski definition) is 10. The van der Waals surface area contributed by atoms with Crippen molar-refractivity contribution in [1.29, 1.82) is 0 Å². The normalized spacial score (nSPS) is 11.0. The summed E-state index contributed by atoms with van der Waals surface area (Å²) in [6, 6.07) is 19.2. The zero-order valence-corrected chi connectivity index (χ0v) is 26.1. The number of benzene rings is 3. The standard InChI is InChI=1S/C32H23ClF2N6O3S2/c33-24-11-21(7-8-29(24)44-16-19-4-3-5-20(34)10-19)40-32-23-12-22(25(35)13-27(23)38-18-39-32)28-17-45-31(41-28)15-36-14-30(46(42)43)26-6-1-2-9-37-26/h1-13,17-18,36H,14-16H2,(H,38,39,40). The number of nitrogens with one attached hydrogen (secondary N) is 2. The Balaban J connectivity index is 1.17. The Labute approximate surface area is 272 Å². The van der Waals surface area contributed by atoms with Crippen LogP contribution in [0.4, 0.5) is 20.3 Å². The van der Waals surface area contributed by atoms with E-state index in [4.69, 9.17) is 16.3 Å². The van der Waals surface area contributed by atoms with Crippen molar-refractivity contribution in [2.24, 2.45) is 0 Å². The first kappa shape index (κ1) is 31.2. The van der Waals surface area contributed by atoms with Gasteiger partial charge in [-0.3, -0.25) is 4.98 Å². The molecule has 0 unspecified atom stereocenters. The molecule has 6 rings (SSSR count). The molecule has 0 saturated heterocycles. The minimum absolute atomic E-state index is 0.0584. The summed E-state index contributed by atoms with van der Waals surface area (Å²) in [5, 5.41) is 9.55. The van der Waals surface area contributed by atoms with Crippen LogP contribution in [0.25, 0.3) is 22.2 Å². The molecule has 0 aliphatic heterocycles. The Morgan fingerprint density at radius 3 is 2.65 bits per heavy atom. The van der Waals surface area contributed by atoms with Crippen molar-refractivity contribution in [3.8, 4) is 17.0 Å². The summed E-state index contributed by atoms with van der Waals surface area (Å²) in [7, 11) is -2.45. The van der Waals surface area contributed by atoms with E-state index in [-0.39, 0.29) is 35.9 Å². The molecule has 0 aliphatic carbocycles. The van der Waals surface area contributed by atoms with E-state index in [1.807, 2.05) is 0 Å². The van der Waals surface area contributed by atoms with Crippen LogP contribution in [-0.4, -0.2) is 39.8 Å². The predicted molar refractivity (Wildman–Crippen MR) is 175 cm³/mol. The molecule has 0 spiro atoms. The van der Waals surface area contributed by atoms with Gasteiger partial charge in [-0.05, 0) is 54.1 Å². The van der Waals surface area contributed by atoms with Crippen LogP contribution in [0.3, 0.4) is 0 Å². The molecular formula is C32H23ClF2N6O3S2. The van der Waals surface area contributed by atoms with Crippen LogP contribution in [0.5, 0.6) is 5.75 Å². The summed E-state index contributed by atoms with van der Waals surface area (Å²) in [6.07, 6.45) is 2.86. The monoisotopic (exact) mass is 676 g/mol. The van der Waals surface area contributed by atoms with Gasteiger partial charge in [-0.25, -0.2) is 23.7 Å². The van der Waals surface area contributed by atoms with Crippen LogP contribution < -0.4 is 15.4 Å². The summed E-state index contributed by atoms with van der Waals surface area (Å²) < 4.78 is 58.0. The van der Waals surface area contributed by atoms with E-state index in [1.54, 1.807) is 60.0 Å². The number of aromatic nitrogens is 4. The van der Waals surface area contributed by atoms with E-state index in [0.717, 1.165) is 0 Å². The van der Waals surface area contributed by atoms with Gasteiger partial charge in [0.25, 0.3) is 0 Å². The smallest absolute Gasteiger partial charge is 0.220 e. The molecule has 0 saturated carbocycles. The number of fused-ring (bicyclic) bond motifs is 1. The number of hydrogen-bond donors (Lipinski definition) is 2. The van der Waals surface area contributed by atoms with Gasteiger partial charge in [0.05, 0.1) is 21.9 Å². The molecule has 232 valence electrons. The molecule has 3 heterocycles. The van der Waals surface area contributed by atoms with Crippen LogP contribution in [0, 0.1) is 11.6 Å². The van der Waals surface area contributed by atoms with Gasteiger partial charge in [-0.15, -0.1) is 11.3 Å². The molecule has 9 nitrogen and oxygen atoms in total. The van der Waals surface area contributed by atoms with Crippen molar-refractivity contribution in [1.82, 2.24) is 25.3 Å². The lowest BCUT2D eigenvalue weighted by Gasteiger charge is -2.12. The number of ether oxygens (including phenoxy) is 1. The Morgan fingerprint density at radius 2 is 1.87 bits per heavy atom. The molecule has 6 aromatic rings. The van der Waals surface area contributed by atoms with Gasteiger partial charge in [0.1, 0.15) is 46.0 Å². The highest BCUT2D eigenvalue weighted by Gasteiger charge is 2.15. The molecule has 2 N–H and O–H groups in total. The van der Waals surface area contributed by atoms with Gasteiger partial charge >= 0.3 is 0 Å². The predicted octanol–water partition coefficient (Wildman–Crippen LogP) is 6.59. The summed E-state index contributed by atoms with van der Waals surface area (Å²) in [5.41, 5.74) is 2.70. The molecule has 0 bridgehead atoms. The third-order valence-electron chi connectivity index (χ3n) is 6.74. The van der Waals surface area contributed by atoms with Gasteiger partial charge in [0, 0.05) is 47.4 Å². The first-order chi connectivity index (χ1) is 22.3. The zero-order chi connectivity index (χ0) is 32.0. The van der Waals surface area contributed by atoms with Crippen LogP contribution >= 0.6 is 22.9 Å². The Kier molecular flexibility index (Phi) is 9.54. The Hall–Kier alpha value is -4.82. The van der Waals surface area contributed by atoms with Gasteiger partial charge < -0.3 is 15.4 Å². The van der Waals surface area contributed by atoms with Crippen LogP contribution in [0.2, 0.25) is 5.02 Å². The largest absolute Gasteiger partial charge is 0.487 e. The van der Waals surface area contributed by atoms with E-state index in [9.17, 15) is 12.8 Å². The van der Waals surface area contributed by atoms with Gasteiger partial charge in [-0.2, -0.15) is 8.42 Å². The maximum absolute atomic E-state index is 15.3. The quantitative estimate of drug-likeness (QED) is 0.116. The second-order valence-corrected chi connectivity index (χ2v) is 12.2. The van der Waals surface area contributed by atoms with Crippen molar-refractivity contribution in [2.75, 3.05) is 11.9 Å². The molecule has 0 radical (unpaired) electrons. The molecule has 3 aromatic heterocycles. The van der Waals surface area contributed by atoms with E-state index >= 15 is 4.39 Å². The lowest BCUT2D eigenvalue weighted by molar-refractivity contribution is 0.306. The fraction of sp³-hybridized carbons (Fsp3) is 0.0938. The summed E-state index contributed by atoms with van der Waals surface area (Å²) in [4.78, 5) is 17.4. The zero-order valence-electron chi connectivity index (χ0n) is 23.7. The molecule has 0 amide bonds. The maximum Gasteiger partial charge on any atom is 0.220 e. The minimum Gasteiger partial charge on any atom is -0.487 e.